The van der Waals surface area contributed by atoms with Gasteiger partial charge in [-0.1, -0.05) is 24.3 Å². The van der Waals surface area contributed by atoms with Crippen molar-refractivity contribution in [3.05, 3.63) is 48.0 Å². The molecule has 98 valence electrons. The highest BCUT2D eigenvalue weighted by molar-refractivity contribution is 7.98. The number of carbonyl (C=O) groups is 1. The van der Waals surface area contributed by atoms with Gasteiger partial charge in [0.15, 0.2) is 0 Å². The number of aromatic carboxylic acids is 1. The molecule has 0 saturated carbocycles. The smallest absolute Gasteiger partial charge is 0.339 e. The van der Waals surface area contributed by atoms with E-state index in [1.54, 1.807) is 30.0 Å². The van der Waals surface area contributed by atoms with Crippen LogP contribution >= 0.6 is 11.8 Å². The SMILES string of the molecule is COc1cc(-c2ccccc2SC)ccc1C(=O)O. The van der Waals surface area contributed by atoms with Gasteiger partial charge in [-0.05, 0) is 35.6 Å². The van der Waals surface area contributed by atoms with Crippen LogP contribution < -0.4 is 4.74 Å². The Morgan fingerprint density at radius 3 is 2.58 bits per heavy atom. The second-order valence-corrected chi connectivity index (χ2v) is 4.77. The van der Waals surface area contributed by atoms with E-state index in [0.29, 0.717) is 5.75 Å². The first kappa shape index (κ1) is 13.5. The summed E-state index contributed by atoms with van der Waals surface area (Å²) >= 11 is 1.66. The molecule has 2 rings (SSSR count). The summed E-state index contributed by atoms with van der Waals surface area (Å²) in [6, 6.07) is 13.1. The van der Waals surface area contributed by atoms with Crippen molar-refractivity contribution in [3.8, 4) is 16.9 Å². The van der Waals surface area contributed by atoms with Crippen LogP contribution in [0.5, 0.6) is 5.75 Å². The van der Waals surface area contributed by atoms with Crippen LogP contribution in [0.1, 0.15) is 10.4 Å². The van der Waals surface area contributed by atoms with Gasteiger partial charge in [0.05, 0.1) is 7.11 Å². The Labute approximate surface area is 116 Å². The second-order valence-electron chi connectivity index (χ2n) is 3.92. The highest BCUT2D eigenvalue weighted by Gasteiger charge is 2.13. The molecule has 0 aliphatic rings. The van der Waals surface area contributed by atoms with E-state index in [1.807, 2.05) is 30.5 Å². The largest absolute Gasteiger partial charge is 0.496 e. The molecule has 0 heterocycles. The average molecular weight is 274 g/mol. The molecule has 2 aromatic rings. The van der Waals surface area contributed by atoms with Crippen molar-refractivity contribution in [1.29, 1.82) is 0 Å². The van der Waals surface area contributed by atoms with E-state index in [1.165, 1.54) is 7.11 Å². The van der Waals surface area contributed by atoms with Gasteiger partial charge in [0.25, 0.3) is 0 Å². The van der Waals surface area contributed by atoms with E-state index in [9.17, 15) is 4.79 Å². The number of hydrogen-bond acceptors (Lipinski definition) is 3. The lowest BCUT2D eigenvalue weighted by Gasteiger charge is -2.10. The lowest BCUT2D eigenvalue weighted by atomic mass is 10.0. The summed E-state index contributed by atoms with van der Waals surface area (Å²) < 4.78 is 5.15. The highest BCUT2D eigenvalue weighted by atomic mass is 32.2. The third-order valence-corrected chi connectivity index (χ3v) is 3.65. The molecule has 3 nitrogen and oxygen atoms in total. The molecule has 0 aromatic heterocycles. The van der Waals surface area contributed by atoms with Crippen molar-refractivity contribution in [2.45, 2.75) is 4.90 Å². The summed E-state index contributed by atoms with van der Waals surface area (Å²) in [4.78, 5) is 12.2. The number of ether oxygens (including phenoxy) is 1. The van der Waals surface area contributed by atoms with Gasteiger partial charge in [-0.15, -0.1) is 11.8 Å². The van der Waals surface area contributed by atoms with Gasteiger partial charge >= 0.3 is 5.97 Å². The van der Waals surface area contributed by atoms with E-state index in [0.717, 1.165) is 16.0 Å². The Morgan fingerprint density at radius 2 is 1.95 bits per heavy atom. The molecular formula is C15H14O3S. The van der Waals surface area contributed by atoms with Crippen molar-refractivity contribution in [3.63, 3.8) is 0 Å². The molecular weight excluding hydrogens is 260 g/mol. The van der Waals surface area contributed by atoms with Gasteiger partial charge in [-0.3, -0.25) is 0 Å². The topological polar surface area (TPSA) is 46.5 Å². The number of rotatable bonds is 4. The van der Waals surface area contributed by atoms with Crippen molar-refractivity contribution < 1.29 is 14.6 Å². The van der Waals surface area contributed by atoms with Crippen molar-refractivity contribution >= 4 is 17.7 Å². The predicted molar refractivity (Wildman–Crippen MR) is 77.2 cm³/mol. The molecule has 0 spiro atoms. The number of carboxylic acids is 1. The van der Waals surface area contributed by atoms with Crippen molar-refractivity contribution in [2.24, 2.45) is 0 Å². The lowest BCUT2D eigenvalue weighted by molar-refractivity contribution is 0.0693. The van der Waals surface area contributed by atoms with Gasteiger partial charge in [-0.2, -0.15) is 0 Å². The first-order chi connectivity index (χ1) is 9.17. The molecule has 0 bridgehead atoms. The van der Waals surface area contributed by atoms with Crippen LogP contribution in [-0.2, 0) is 0 Å². The van der Waals surface area contributed by atoms with Gasteiger partial charge in [0.2, 0.25) is 0 Å². The lowest BCUT2D eigenvalue weighted by Crippen LogP contribution is -2.00. The minimum atomic E-state index is -0.985. The Hall–Kier alpha value is -1.94. The first-order valence-electron chi connectivity index (χ1n) is 5.72. The first-order valence-corrected chi connectivity index (χ1v) is 6.94. The highest BCUT2D eigenvalue weighted by Crippen LogP contribution is 2.33. The maximum Gasteiger partial charge on any atom is 0.339 e. The summed E-state index contributed by atoms with van der Waals surface area (Å²) in [5, 5.41) is 9.07. The molecule has 1 N–H and O–H groups in total. The van der Waals surface area contributed by atoms with E-state index in [2.05, 4.69) is 0 Å². The zero-order chi connectivity index (χ0) is 13.8. The Balaban J connectivity index is 2.55. The molecule has 0 aliphatic heterocycles. The number of hydrogen-bond donors (Lipinski definition) is 1. The fraction of sp³-hybridized carbons (Fsp3) is 0.133. The summed E-state index contributed by atoms with van der Waals surface area (Å²) in [6.07, 6.45) is 2.02. The standard InChI is InChI=1S/C15H14O3S/c1-18-13-9-10(7-8-12(13)15(16)17)11-5-3-4-6-14(11)19-2/h3-9H,1-2H3,(H,16,17). The molecule has 0 radical (unpaired) electrons. The van der Waals surface area contributed by atoms with E-state index >= 15 is 0 Å². The molecule has 4 heteroatoms. The molecule has 0 unspecified atom stereocenters. The summed E-state index contributed by atoms with van der Waals surface area (Å²) in [7, 11) is 1.48. The molecule has 19 heavy (non-hydrogen) atoms. The normalized spacial score (nSPS) is 10.2. The summed E-state index contributed by atoms with van der Waals surface area (Å²) in [5.74, 6) is -0.609. The maximum atomic E-state index is 11.1. The quantitative estimate of drug-likeness (QED) is 0.862. The number of methoxy groups -OCH3 is 1. The maximum absolute atomic E-state index is 11.1. The zero-order valence-corrected chi connectivity index (χ0v) is 11.5. The number of benzene rings is 2. The Kier molecular flexibility index (Phi) is 4.12. The van der Waals surface area contributed by atoms with Gasteiger partial charge in [0, 0.05) is 4.90 Å². The van der Waals surface area contributed by atoms with Crippen LogP contribution in [0.4, 0.5) is 0 Å². The van der Waals surface area contributed by atoms with Crippen LogP contribution in [0.2, 0.25) is 0 Å². The fourth-order valence-corrected chi connectivity index (χ4v) is 2.54. The van der Waals surface area contributed by atoms with Crippen LogP contribution in [0.25, 0.3) is 11.1 Å². The molecule has 0 fully saturated rings. The average Bonchev–Trinajstić information content (AvgIpc) is 2.46. The van der Waals surface area contributed by atoms with E-state index < -0.39 is 5.97 Å². The Bertz CT molecular complexity index is 608. The minimum absolute atomic E-state index is 0.174. The van der Waals surface area contributed by atoms with E-state index in [4.69, 9.17) is 9.84 Å². The van der Waals surface area contributed by atoms with Crippen molar-refractivity contribution in [1.82, 2.24) is 0 Å². The van der Waals surface area contributed by atoms with Crippen molar-refractivity contribution in [2.75, 3.05) is 13.4 Å². The third kappa shape index (κ3) is 2.74. The summed E-state index contributed by atoms with van der Waals surface area (Å²) in [6.45, 7) is 0. The van der Waals surface area contributed by atoms with E-state index in [-0.39, 0.29) is 5.56 Å². The van der Waals surface area contributed by atoms with Crippen LogP contribution in [-0.4, -0.2) is 24.4 Å². The number of carboxylic acid groups (broad SMARTS) is 1. The molecule has 2 aromatic carbocycles. The van der Waals surface area contributed by atoms with Crippen LogP contribution in [0.3, 0.4) is 0 Å². The van der Waals surface area contributed by atoms with Crippen LogP contribution in [0, 0.1) is 0 Å². The summed E-state index contributed by atoms with van der Waals surface area (Å²) in [5.41, 5.74) is 2.20. The molecule has 0 saturated heterocycles. The van der Waals surface area contributed by atoms with Crippen LogP contribution in [0.15, 0.2) is 47.4 Å². The zero-order valence-electron chi connectivity index (χ0n) is 10.7. The monoisotopic (exact) mass is 274 g/mol. The minimum Gasteiger partial charge on any atom is -0.496 e. The second kappa shape index (κ2) is 5.80. The number of thioether (sulfide) groups is 1. The molecule has 0 atom stereocenters. The molecule has 0 amide bonds. The molecule has 0 aliphatic carbocycles. The predicted octanol–water partition coefficient (Wildman–Crippen LogP) is 3.78. The fourth-order valence-electron chi connectivity index (χ4n) is 1.92. The Morgan fingerprint density at radius 1 is 1.21 bits per heavy atom. The third-order valence-electron chi connectivity index (χ3n) is 2.85. The van der Waals surface area contributed by atoms with Gasteiger partial charge < -0.3 is 9.84 Å². The van der Waals surface area contributed by atoms with Gasteiger partial charge in [-0.25, -0.2) is 4.79 Å². The van der Waals surface area contributed by atoms with Gasteiger partial charge in [0.1, 0.15) is 11.3 Å².